The Labute approximate surface area is 105 Å². The fourth-order valence-corrected chi connectivity index (χ4v) is 1.48. The van der Waals surface area contributed by atoms with Crippen molar-refractivity contribution in [2.45, 2.75) is 19.9 Å². The first kappa shape index (κ1) is 13.9. The van der Waals surface area contributed by atoms with Gasteiger partial charge in [-0.25, -0.2) is 4.39 Å². The van der Waals surface area contributed by atoms with Gasteiger partial charge in [0.1, 0.15) is 5.82 Å². The monoisotopic (exact) mass is 259 g/mol. The minimum atomic E-state index is -0.587. The zero-order valence-corrected chi connectivity index (χ0v) is 10.6. The van der Waals surface area contributed by atoms with Gasteiger partial charge in [-0.15, -0.1) is 0 Å². The van der Waals surface area contributed by atoms with E-state index in [1.165, 1.54) is 18.2 Å². The van der Waals surface area contributed by atoms with E-state index in [9.17, 15) is 9.18 Å². The molecule has 1 atom stereocenters. The second-order valence-corrected chi connectivity index (χ2v) is 4.09. The van der Waals surface area contributed by atoms with Crippen LogP contribution in [0.5, 0.6) is 0 Å². The summed E-state index contributed by atoms with van der Waals surface area (Å²) in [5.74, 6) is -1.08. The van der Waals surface area contributed by atoms with Gasteiger partial charge in [0, 0.05) is 17.7 Å². The molecular weight excluding hydrogens is 245 g/mol. The van der Waals surface area contributed by atoms with E-state index in [4.69, 9.17) is 16.3 Å². The molecule has 1 unspecified atom stereocenters. The van der Waals surface area contributed by atoms with Gasteiger partial charge in [-0.2, -0.15) is 0 Å². The van der Waals surface area contributed by atoms with Gasteiger partial charge in [0.2, 0.25) is 0 Å². The van der Waals surface area contributed by atoms with Gasteiger partial charge in [0.15, 0.2) is 0 Å². The molecular formula is C12H15ClFNO2. The van der Waals surface area contributed by atoms with Crippen molar-refractivity contribution in [2.75, 3.05) is 13.2 Å². The standard InChI is InChI=1S/C12H15ClFNO2/c1-3-17-7-8(2)15-12(16)10-6-9(13)4-5-11(10)14/h4-6,8H,3,7H2,1-2H3,(H,15,16). The van der Waals surface area contributed by atoms with Crippen LogP contribution in [0.1, 0.15) is 24.2 Å². The van der Waals surface area contributed by atoms with E-state index in [1.807, 2.05) is 6.92 Å². The van der Waals surface area contributed by atoms with Gasteiger partial charge in [-0.3, -0.25) is 4.79 Å². The molecule has 1 aromatic carbocycles. The van der Waals surface area contributed by atoms with Crippen LogP contribution in [0, 0.1) is 5.82 Å². The van der Waals surface area contributed by atoms with Crippen LogP contribution in [0.3, 0.4) is 0 Å². The molecule has 1 amide bonds. The maximum Gasteiger partial charge on any atom is 0.254 e. The van der Waals surface area contributed by atoms with E-state index < -0.39 is 11.7 Å². The molecule has 0 saturated carbocycles. The lowest BCUT2D eigenvalue weighted by atomic mass is 10.2. The summed E-state index contributed by atoms with van der Waals surface area (Å²) in [5, 5.41) is 2.96. The fourth-order valence-electron chi connectivity index (χ4n) is 1.31. The molecule has 0 aliphatic heterocycles. The molecule has 0 spiro atoms. The number of ether oxygens (including phenoxy) is 1. The van der Waals surface area contributed by atoms with Crippen molar-refractivity contribution in [3.63, 3.8) is 0 Å². The minimum Gasteiger partial charge on any atom is -0.380 e. The van der Waals surface area contributed by atoms with Crippen molar-refractivity contribution in [3.05, 3.63) is 34.6 Å². The highest BCUT2D eigenvalue weighted by molar-refractivity contribution is 6.30. The lowest BCUT2D eigenvalue weighted by Gasteiger charge is -2.14. The van der Waals surface area contributed by atoms with Crippen molar-refractivity contribution >= 4 is 17.5 Å². The summed E-state index contributed by atoms with van der Waals surface area (Å²) < 4.78 is 18.5. The quantitative estimate of drug-likeness (QED) is 0.883. The van der Waals surface area contributed by atoms with Gasteiger partial charge < -0.3 is 10.1 Å². The summed E-state index contributed by atoms with van der Waals surface area (Å²) in [7, 11) is 0. The summed E-state index contributed by atoms with van der Waals surface area (Å²) in [5.41, 5.74) is -0.0548. The van der Waals surface area contributed by atoms with Gasteiger partial charge in [-0.1, -0.05) is 11.6 Å². The highest BCUT2D eigenvalue weighted by Crippen LogP contribution is 2.14. The average Bonchev–Trinajstić information content (AvgIpc) is 2.29. The number of halogens is 2. The average molecular weight is 260 g/mol. The first-order valence-electron chi connectivity index (χ1n) is 5.38. The molecule has 0 fully saturated rings. The molecule has 0 heterocycles. The third kappa shape index (κ3) is 4.32. The number of hydrogen-bond acceptors (Lipinski definition) is 2. The highest BCUT2D eigenvalue weighted by Gasteiger charge is 2.14. The Morgan fingerprint density at radius 1 is 1.59 bits per heavy atom. The second-order valence-electron chi connectivity index (χ2n) is 3.66. The van der Waals surface area contributed by atoms with E-state index in [1.54, 1.807) is 6.92 Å². The van der Waals surface area contributed by atoms with E-state index in [-0.39, 0.29) is 11.6 Å². The van der Waals surface area contributed by atoms with Crippen LogP contribution in [0.25, 0.3) is 0 Å². The molecule has 1 rings (SSSR count). The zero-order valence-electron chi connectivity index (χ0n) is 9.80. The van der Waals surface area contributed by atoms with Gasteiger partial charge in [-0.05, 0) is 32.0 Å². The Morgan fingerprint density at radius 3 is 2.94 bits per heavy atom. The summed E-state index contributed by atoms with van der Waals surface area (Å²) >= 11 is 5.71. The summed E-state index contributed by atoms with van der Waals surface area (Å²) in [6, 6.07) is 3.70. The summed E-state index contributed by atoms with van der Waals surface area (Å²) in [4.78, 5) is 11.7. The van der Waals surface area contributed by atoms with Crippen molar-refractivity contribution in [1.82, 2.24) is 5.32 Å². The van der Waals surface area contributed by atoms with Crippen LogP contribution >= 0.6 is 11.6 Å². The van der Waals surface area contributed by atoms with Crippen molar-refractivity contribution in [1.29, 1.82) is 0 Å². The molecule has 0 aliphatic carbocycles. The van der Waals surface area contributed by atoms with E-state index in [2.05, 4.69) is 5.32 Å². The molecule has 0 aromatic heterocycles. The molecule has 1 aromatic rings. The number of nitrogens with one attached hydrogen (secondary N) is 1. The van der Waals surface area contributed by atoms with Crippen LogP contribution in [0.2, 0.25) is 5.02 Å². The molecule has 1 N–H and O–H groups in total. The Morgan fingerprint density at radius 2 is 2.29 bits per heavy atom. The topological polar surface area (TPSA) is 38.3 Å². The number of carbonyl (C=O) groups is 1. The van der Waals surface area contributed by atoms with E-state index >= 15 is 0 Å². The molecule has 3 nitrogen and oxygen atoms in total. The second kappa shape index (κ2) is 6.57. The third-order valence-corrected chi connectivity index (χ3v) is 2.36. The molecule has 0 aliphatic rings. The van der Waals surface area contributed by atoms with Crippen molar-refractivity contribution in [2.24, 2.45) is 0 Å². The molecule has 17 heavy (non-hydrogen) atoms. The predicted molar refractivity (Wildman–Crippen MR) is 64.8 cm³/mol. The number of carbonyl (C=O) groups excluding carboxylic acids is 1. The lowest BCUT2D eigenvalue weighted by molar-refractivity contribution is 0.0868. The van der Waals surface area contributed by atoms with Crippen LogP contribution < -0.4 is 5.32 Å². The minimum absolute atomic E-state index is 0.0548. The smallest absolute Gasteiger partial charge is 0.254 e. The Balaban J connectivity index is 2.66. The first-order valence-corrected chi connectivity index (χ1v) is 5.76. The van der Waals surface area contributed by atoms with Crippen molar-refractivity contribution < 1.29 is 13.9 Å². The van der Waals surface area contributed by atoms with E-state index in [0.29, 0.717) is 18.2 Å². The van der Waals surface area contributed by atoms with Crippen LogP contribution in [-0.4, -0.2) is 25.2 Å². The normalized spacial score (nSPS) is 12.2. The Hall–Kier alpha value is -1.13. The zero-order chi connectivity index (χ0) is 12.8. The Bertz CT molecular complexity index is 398. The summed E-state index contributed by atoms with van der Waals surface area (Å²) in [6.45, 7) is 4.62. The number of benzene rings is 1. The van der Waals surface area contributed by atoms with Gasteiger partial charge >= 0.3 is 0 Å². The first-order chi connectivity index (χ1) is 8.04. The largest absolute Gasteiger partial charge is 0.380 e. The fraction of sp³-hybridized carbons (Fsp3) is 0.417. The summed E-state index contributed by atoms with van der Waals surface area (Å²) in [6.07, 6.45) is 0. The third-order valence-electron chi connectivity index (χ3n) is 2.12. The van der Waals surface area contributed by atoms with E-state index in [0.717, 1.165) is 0 Å². The SMILES string of the molecule is CCOCC(C)NC(=O)c1cc(Cl)ccc1F. The molecule has 5 heteroatoms. The molecule has 0 radical (unpaired) electrons. The Kier molecular flexibility index (Phi) is 5.38. The maximum absolute atomic E-state index is 13.4. The molecule has 0 saturated heterocycles. The van der Waals surface area contributed by atoms with Crippen LogP contribution in [-0.2, 0) is 4.74 Å². The van der Waals surface area contributed by atoms with Gasteiger partial charge in [0.05, 0.1) is 12.2 Å². The van der Waals surface area contributed by atoms with Crippen molar-refractivity contribution in [3.8, 4) is 0 Å². The van der Waals surface area contributed by atoms with Crippen LogP contribution in [0.15, 0.2) is 18.2 Å². The number of amides is 1. The lowest BCUT2D eigenvalue weighted by Crippen LogP contribution is -2.36. The maximum atomic E-state index is 13.4. The number of hydrogen-bond donors (Lipinski definition) is 1. The van der Waals surface area contributed by atoms with Gasteiger partial charge in [0.25, 0.3) is 5.91 Å². The molecule has 94 valence electrons. The number of rotatable bonds is 5. The highest BCUT2D eigenvalue weighted by atomic mass is 35.5. The van der Waals surface area contributed by atoms with Crippen LogP contribution in [0.4, 0.5) is 4.39 Å². The molecule has 0 bridgehead atoms. The predicted octanol–water partition coefficient (Wildman–Crippen LogP) is 2.63.